The molecule has 0 radical (unpaired) electrons. The van der Waals surface area contributed by atoms with Gasteiger partial charge in [0.05, 0.1) is 29.2 Å². The third kappa shape index (κ3) is 7.40. The Morgan fingerprint density at radius 3 is 1.42 bits per heavy atom. The number of methoxy groups -OCH3 is 1. The summed E-state index contributed by atoms with van der Waals surface area (Å²) in [6.45, 7) is 5.97. The van der Waals surface area contributed by atoms with Crippen molar-refractivity contribution in [1.29, 1.82) is 0 Å². The lowest BCUT2D eigenvalue weighted by Crippen LogP contribution is -2.11. The Labute approximate surface area is 315 Å². The lowest BCUT2D eigenvalue weighted by molar-refractivity contribution is 0.415. The van der Waals surface area contributed by atoms with Gasteiger partial charge in [0.15, 0.2) is 23.3 Å². The monoisotopic (exact) mass is 740 g/mol. The topological polar surface area (TPSA) is 173 Å². The third-order valence-electron chi connectivity index (χ3n) is 8.69. The van der Waals surface area contributed by atoms with Crippen molar-refractivity contribution in [3.63, 3.8) is 0 Å². The van der Waals surface area contributed by atoms with Crippen LogP contribution in [0.2, 0.25) is 0 Å². The van der Waals surface area contributed by atoms with E-state index in [1.807, 2.05) is 98.1 Å². The van der Waals surface area contributed by atoms with E-state index in [-0.39, 0.29) is 35.2 Å². The van der Waals surface area contributed by atoms with Gasteiger partial charge in [-0.2, -0.15) is 28.7 Å². The summed E-state index contributed by atoms with van der Waals surface area (Å²) in [4.78, 5) is 26.3. The summed E-state index contributed by atoms with van der Waals surface area (Å²) < 4.78 is 37.9. The zero-order valence-corrected chi connectivity index (χ0v) is 30.5. The van der Waals surface area contributed by atoms with E-state index in [4.69, 9.17) is 16.2 Å². The summed E-state index contributed by atoms with van der Waals surface area (Å²) in [6.07, 6.45) is 1.34. The molecule has 0 fully saturated rings. The quantitative estimate of drug-likeness (QED) is 0.113. The van der Waals surface area contributed by atoms with Crippen LogP contribution in [0, 0.1) is 18.6 Å². The van der Waals surface area contributed by atoms with E-state index < -0.39 is 11.6 Å². The van der Waals surface area contributed by atoms with Gasteiger partial charge in [-0.15, -0.1) is 0 Å². The van der Waals surface area contributed by atoms with Gasteiger partial charge in [-0.25, -0.2) is 9.97 Å². The Balaban J connectivity index is 0.000000169. The highest BCUT2D eigenvalue weighted by molar-refractivity contribution is 5.79. The Morgan fingerprint density at radius 2 is 1.00 bits per heavy atom. The fourth-order valence-electron chi connectivity index (χ4n) is 5.93. The molecule has 13 nitrogen and oxygen atoms in total. The molecule has 0 aliphatic heterocycles. The van der Waals surface area contributed by atoms with Crippen molar-refractivity contribution in [3.8, 4) is 17.6 Å². The number of aromatic nitrogens is 8. The smallest absolute Gasteiger partial charge is 0.239 e. The molecule has 278 valence electrons. The second-order valence-electron chi connectivity index (χ2n) is 12.4. The van der Waals surface area contributed by atoms with E-state index in [0.717, 1.165) is 45.0 Å². The van der Waals surface area contributed by atoms with Crippen LogP contribution in [0.15, 0.2) is 97.1 Å². The number of halogens is 2. The molecule has 15 heteroatoms. The van der Waals surface area contributed by atoms with Gasteiger partial charge >= 0.3 is 0 Å². The fraction of sp³-hybridized carbons (Fsp3) is 0.150. The van der Waals surface area contributed by atoms with Crippen molar-refractivity contribution in [1.82, 2.24) is 39.0 Å². The molecular weight excluding hydrogens is 703 g/mol. The highest BCUT2D eigenvalue weighted by Crippen LogP contribution is 2.28. The molecule has 4 heterocycles. The summed E-state index contributed by atoms with van der Waals surface area (Å²) in [5.74, 6) is 0.986. The predicted molar refractivity (Wildman–Crippen MR) is 212 cm³/mol. The number of imidazole rings is 2. The van der Waals surface area contributed by atoms with Crippen LogP contribution >= 0.6 is 0 Å². The zero-order chi connectivity index (χ0) is 38.6. The second kappa shape index (κ2) is 15.4. The second-order valence-corrected chi connectivity index (χ2v) is 12.4. The van der Waals surface area contributed by atoms with Gasteiger partial charge in [0, 0.05) is 24.2 Å². The van der Waals surface area contributed by atoms with Crippen molar-refractivity contribution in [2.75, 3.05) is 29.2 Å². The molecule has 55 heavy (non-hydrogen) atoms. The average molecular weight is 741 g/mol. The van der Waals surface area contributed by atoms with Crippen LogP contribution in [-0.4, -0.2) is 46.1 Å². The molecule has 0 unspecified atom stereocenters. The van der Waals surface area contributed by atoms with Gasteiger partial charge in [-0.1, -0.05) is 55.8 Å². The maximum Gasteiger partial charge on any atom is 0.239 e. The Morgan fingerprint density at radius 1 is 0.582 bits per heavy atom. The minimum Gasteiger partial charge on any atom is -0.497 e. The molecule has 0 saturated carbocycles. The third-order valence-corrected chi connectivity index (χ3v) is 8.69. The van der Waals surface area contributed by atoms with E-state index in [0.29, 0.717) is 24.3 Å². The van der Waals surface area contributed by atoms with Gasteiger partial charge in [0.1, 0.15) is 17.4 Å². The number of nitrogens with one attached hydrogen (secondary N) is 2. The summed E-state index contributed by atoms with van der Waals surface area (Å²) >= 11 is 0. The van der Waals surface area contributed by atoms with E-state index in [1.165, 1.54) is 0 Å². The number of fused-ring (bicyclic) bond motifs is 2. The van der Waals surface area contributed by atoms with Crippen molar-refractivity contribution >= 4 is 56.7 Å². The van der Waals surface area contributed by atoms with E-state index >= 15 is 0 Å². The first-order valence-electron chi connectivity index (χ1n) is 17.5. The Hall–Kier alpha value is -7.16. The molecule has 0 spiro atoms. The van der Waals surface area contributed by atoms with Crippen molar-refractivity contribution in [2.24, 2.45) is 0 Å². The van der Waals surface area contributed by atoms with Crippen LogP contribution in [-0.2, 0) is 12.8 Å². The number of ether oxygens (including phenoxy) is 1. The van der Waals surface area contributed by atoms with Crippen LogP contribution in [0.5, 0.6) is 5.75 Å². The molecule has 4 aromatic heterocycles. The number of anilines is 6. The van der Waals surface area contributed by atoms with Crippen molar-refractivity contribution in [2.45, 2.75) is 33.6 Å². The summed E-state index contributed by atoms with van der Waals surface area (Å²) in [7, 11) is 1.58. The van der Waals surface area contributed by atoms with Gasteiger partial charge < -0.3 is 26.8 Å². The van der Waals surface area contributed by atoms with Gasteiger partial charge in [0.25, 0.3) is 0 Å². The lowest BCUT2D eigenvalue weighted by Gasteiger charge is -2.12. The summed E-state index contributed by atoms with van der Waals surface area (Å²) in [5.41, 5.74) is 17.5. The van der Waals surface area contributed by atoms with Crippen LogP contribution in [0.25, 0.3) is 34.0 Å². The first-order chi connectivity index (χ1) is 26.7. The summed E-state index contributed by atoms with van der Waals surface area (Å²) in [5, 5.41) is 5.95. The molecule has 0 saturated heterocycles. The largest absolute Gasteiger partial charge is 0.497 e. The zero-order valence-electron chi connectivity index (χ0n) is 30.5. The number of nitrogens with zero attached hydrogens (tertiary/aromatic N) is 8. The normalized spacial score (nSPS) is 11.0. The SMILES string of the molecule is CCc1nc2ccccc2n1-c1nc(N)c(F)c(Nc2ccc(C)cc2)n1.CCc1nc2ccccc2n1-c1nc(N)c(F)c(Nc2ccc(OC)cc2)n1. The first kappa shape index (κ1) is 36.2. The number of benzene rings is 4. The molecule has 0 bridgehead atoms. The average Bonchev–Trinajstić information content (AvgIpc) is 3.78. The van der Waals surface area contributed by atoms with Crippen molar-refractivity contribution in [3.05, 3.63) is 126 Å². The molecule has 0 atom stereocenters. The number of hydrogen-bond donors (Lipinski definition) is 4. The fourth-order valence-corrected chi connectivity index (χ4v) is 5.93. The van der Waals surface area contributed by atoms with Crippen LogP contribution in [0.3, 0.4) is 0 Å². The Bertz CT molecular complexity index is 2620. The van der Waals surface area contributed by atoms with Crippen LogP contribution in [0.1, 0.15) is 31.1 Å². The molecule has 0 aliphatic carbocycles. The molecule has 0 amide bonds. The van der Waals surface area contributed by atoms with Crippen LogP contribution in [0.4, 0.5) is 43.4 Å². The molecule has 6 N–H and O–H groups in total. The van der Waals surface area contributed by atoms with E-state index in [1.54, 1.807) is 35.9 Å². The highest BCUT2D eigenvalue weighted by Gasteiger charge is 2.20. The van der Waals surface area contributed by atoms with Gasteiger partial charge in [-0.3, -0.25) is 9.13 Å². The standard InChI is InChI=1S/C20H19FN6O.C20H19FN6/c1-3-16-24-14-6-4-5-7-15(14)27(16)20-25-18(22)17(21)19(26-20)23-12-8-10-13(28-2)11-9-12;1-3-16-24-14-6-4-5-7-15(14)27(16)20-25-18(22)17(21)19(26-20)23-13-10-8-12(2)9-11-13/h4-11H,3H2,1-2H3,(H3,22,23,25,26);4-11H,3H2,1-2H3,(H3,22,23,25,26). The van der Waals surface area contributed by atoms with Crippen molar-refractivity contribution < 1.29 is 13.5 Å². The number of nitrogens with two attached hydrogens (primary N) is 2. The highest BCUT2D eigenvalue weighted by atomic mass is 19.1. The van der Waals surface area contributed by atoms with Crippen LogP contribution < -0.4 is 26.8 Å². The van der Waals surface area contributed by atoms with Gasteiger partial charge in [0.2, 0.25) is 23.5 Å². The first-order valence-corrected chi connectivity index (χ1v) is 17.5. The minimum absolute atomic E-state index is 0.00694. The number of aryl methyl sites for hydroxylation is 3. The molecule has 8 aromatic rings. The maximum atomic E-state index is 14.6. The number of nitrogen functional groups attached to an aromatic ring is 2. The Kier molecular flexibility index (Phi) is 10.2. The maximum absolute atomic E-state index is 14.6. The molecular formula is C40H38F2N12O. The predicted octanol–water partition coefficient (Wildman–Crippen LogP) is 8.00. The number of para-hydroxylation sites is 4. The molecule has 0 aliphatic rings. The number of hydrogen-bond acceptors (Lipinski definition) is 11. The molecule has 8 rings (SSSR count). The summed E-state index contributed by atoms with van der Waals surface area (Å²) in [6, 6.07) is 30.0. The van der Waals surface area contributed by atoms with Gasteiger partial charge in [-0.05, 0) is 67.6 Å². The van der Waals surface area contributed by atoms with E-state index in [2.05, 4.69) is 40.5 Å². The molecule has 4 aromatic carbocycles. The number of rotatable bonds is 9. The minimum atomic E-state index is -0.706. The van der Waals surface area contributed by atoms with E-state index in [9.17, 15) is 8.78 Å². The lowest BCUT2D eigenvalue weighted by atomic mass is 10.2.